The summed E-state index contributed by atoms with van der Waals surface area (Å²) in [6.07, 6.45) is 24.2. The highest BCUT2D eigenvalue weighted by Gasteiger charge is 2.34. The highest BCUT2D eigenvalue weighted by atomic mass is 32.9. The van der Waals surface area contributed by atoms with E-state index in [4.69, 9.17) is 0 Å². The third-order valence-electron chi connectivity index (χ3n) is 5.19. The first-order chi connectivity index (χ1) is 15.4. The summed E-state index contributed by atoms with van der Waals surface area (Å²) in [5.74, 6) is 2.80. The van der Waals surface area contributed by atoms with Crippen LogP contribution in [0.4, 0.5) is 12.7 Å². The highest BCUT2D eigenvalue weighted by molar-refractivity contribution is 8.34. The minimum absolute atomic E-state index is 0.0611. The lowest BCUT2D eigenvalue weighted by atomic mass is 9.69. The fourth-order valence-corrected chi connectivity index (χ4v) is 4.45. The molecule has 0 bridgehead atoms. The molecule has 1 saturated carbocycles. The Hall–Kier alpha value is -2.25. The standard InChI is InChI=1S/C15H21F2NS2.C8H11F.2C2H2/c1-11-4-5-14(16)13(10-11)15(2)8-6-12(7-9-15)18-20(3,17)19;1-4-7(2)5-6-8(3)9;2*1-2/h4-5,10,12H,3,6-9H2,1-2H3,(H,18,19);4-6H,3H2,1-2H3;2*1-2H/b;6-5-,7-4-;;. The van der Waals surface area contributed by atoms with Gasteiger partial charge in [0.05, 0.1) is 8.75 Å². The third kappa shape index (κ3) is 13.8. The molecular weight excluding hydrogens is 459 g/mol. The minimum Gasteiger partial charge on any atom is -0.239 e. The van der Waals surface area contributed by atoms with E-state index in [0.717, 1.165) is 42.4 Å². The number of hydrogen-bond donors (Lipinski definition) is 1. The Bertz CT molecular complexity index is 940. The molecular formula is C27H36F3NS2. The minimum atomic E-state index is -2.83. The van der Waals surface area contributed by atoms with Crippen LogP contribution in [0.2, 0.25) is 0 Å². The van der Waals surface area contributed by atoms with Gasteiger partial charge in [-0.2, -0.15) is 3.89 Å². The topological polar surface area (TPSA) is 12.0 Å². The molecule has 1 atom stereocenters. The SMILES string of the molecule is C#C.C#C.C=C(F)/C=C\C(C)=C/C.C=S(F)(=S)NC1CCC(C)(c2cc(C)ccc2F)CC1. The van der Waals surface area contributed by atoms with Crippen LogP contribution in [0.3, 0.4) is 0 Å². The van der Waals surface area contributed by atoms with Crippen molar-refractivity contribution in [2.75, 3.05) is 0 Å². The van der Waals surface area contributed by atoms with Crippen LogP contribution in [0, 0.1) is 38.4 Å². The molecule has 33 heavy (non-hydrogen) atoms. The van der Waals surface area contributed by atoms with Crippen molar-refractivity contribution >= 4 is 25.8 Å². The second-order valence-electron chi connectivity index (χ2n) is 7.84. The second kappa shape index (κ2) is 16.4. The maximum absolute atomic E-state index is 14.1. The molecule has 0 heterocycles. The molecule has 0 aromatic heterocycles. The van der Waals surface area contributed by atoms with Crippen molar-refractivity contribution in [1.29, 1.82) is 0 Å². The molecule has 1 nitrogen and oxygen atoms in total. The summed E-state index contributed by atoms with van der Waals surface area (Å²) < 4.78 is 42.2. The smallest absolute Gasteiger partial charge is 0.126 e. The maximum atomic E-state index is 14.1. The normalized spacial score (nSPS) is 21.7. The molecule has 1 aliphatic carbocycles. The molecule has 1 aromatic carbocycles. The Labute approximate surface area is 204 Å². The number of benzene rings is 1. The van der Waals surface area contributed by atoms with Gasteiger partial charge in [0.1, 0.15) is 11.6 Å². The number of aryl methyl sites for hydroxylation is 1. The van der Waals surface area contributed by atoms with E-state index in [1.165, 1.54) is 12.1 Å². The molecule has 1 fully saturated rings. The van der Waals surface area contributed by atoms with E-state index in [9.17, 15) is 12.7 Å². The van der Waals surface area contributed by atoms with Crippen LogP contribution in [0.15, 0.2) is 54.4 Å². The summed E-state index contributed by atoms with van der Waals surface area (Å²) in [6.45, 7) is 11.0. The van der Waals surface area contributed by atoms with Crippen LogP contribution in [-0.2, 0) is 25.4 Å². The van der Waals surface area contributed by atoms with Crippen LogP contribution in [0.25, 0.3) is 0 Å². The lowest BCUT2D eigenvalue weighted by Gasteiger charge is -2.38. The van der Waals surface area contributed by atoms with Crippen LogP contribution >= 0.6 is 0 Å². The van der Waals surface area contributed by atoms with Crippen molar-refractivity contribution in [3.8, 4) is 25.7 Å². The predicted octanol–water partition coefficient (Wildman–Crippen LogP) is 7.26. The van der Waals surface area contributed by atoms with Crippen molar-refractivity contribution in [1.82, 2.24) is 4.72 Å². The van der Waals surface area contributed by atoms with Crippen molar-refractivity contribution in [3.05, 3.63) is 71.4 Å². The molecule has 2 rings (SSSR count). The number of rotatable bonds is 5. The van der Waals surface area contributed by atoms with Gasteiger partial charge in [0.2, 0.25) is 0 Å². The van der Waals surface area contributed by atoms with Gasteiger partial charge in [-0.15, -0.1) is 25.7 Å². The lowest BCUT2D eigenvalue weighted by molar-refractivity contribution is 0.276. The fourth-order valence-electron chi connectivity index (χ4n) is 3.31. The van der Waals surface area contributed by atoms with Crippen molar-refractivity contribution < 1.29 is 12.7 Å². The average Bonchev–Trinajstić information content (AvgIpc) is 2.77. The lowest BCUT2D eigenvalue weighted by Crippen LogP contribution is -2.39. The Morgan fingerprint density at radius 2 is 1.73 bits per heavy atom. The number of terminal acetylenes is 2. The monoisotopic (exact) mass is 495 g/mol. The molecule has 182 valence electrons. The van der Waals surface area contributed by atoms with Gasteiger partial charge in [-0.05, 0) is 86.6 Å². The van der Waals surface area contributed by atoms with E-state index >= 15 is 0 Å². The number of nitrogens with one attached hydrogen (secondary N) is 1. The van der Waals surface area contributed by atoms with Crippen molar-refractivity contribution in [3.63, 3.8) is 0 Å². The summed E-state index contributed by atoms with van der Waals surface area (Å²) in [7, 11) is -2.83. The summed E-state index contributed by atoms with van der Waals surface area (Å²) in [4.78, 5) is 0. The van der Waals surface area contributed by atoms with Gasteiger partial charge < -0.3 is 0 Å². The summed E-state index contributed by atoms with van der Waals surface area (Å²) in [5.41, 5.74) is 2.71. The molecule has 0 spiro atoms. The Balaban J connectivity index is 0. The zero-order valence-corrected chi connectivity index (χ0v) is 21.7. The van der Waals surface area contributed by atoms with Gasteiger partial charge in [-0.3, -0.25) is 0 Å². The summed E-state index contributed by atoms with van der Waals surface area (Å²) >= 11 is 4.69. The summed E-state index contributed by atoms with van der Waals surface area (Å²) in [6, 6.07) is 5.32. The molecule has 0 saturated heterocycles. The highest BCUT2D eigenvalue weighted by Crippen LogP contribution is 2.40. The summed E-state index contributed by atoms with van der Waals surface area (Å²) in [5, 5.41) is 0. The molecule has 1 aromatic rings. The van der Waals surface area contributed by atoms with E-state index in [1.54, 1.807) is 12.1 Å². The van der Waals surface area contributed by atoms with Crippen molar-refractivity contribution in [2.24, 2.45) is 0 Å². The van der Waals surface area contributed by atoms with Crippen LogP contribution in [0.1, 0.15) is 57.6 Å². The van der Waals surface area contributed by atoms with E-state index in [-0.39, 0.29) is 17.3 Å². The third-order valence-corrected chi connectivity index (χ3v) is 6.16. The van der Waals surface area contributed by atoms with E-state index in [0.29, 0.717) is 0 Å². The van der Waals surface area contributed by atoms with Crippen molar-refractivity contribution in [2.45, 2.75) is 64.8 Å². The van der Waals surface area contributed by atoms with Crippen LogP contribution in [0.5, 0.6) is 0 Å². The van der Waals surface area contributed by atoms with E-state index < -0.39 is 14.6 Å². The van der Waals surface area contributed by atoms with E-state index in [2.05, 4.69) is 61.0 Å². The molecule has 1 unspecified atom stereocenters. The van der Waals surface area contributed by atoms with Crippen LogP contribution < -0.4 is 4.72 Å². The molecule has 1 N–H and O–H groups in total. The maximum Gasteiger partial charge on any atom is 0.126 e. The fraction of sp³-hybridized carbons (Fsp3) is 0.370. The first-order valence-corrected chi connectivity index (χ1v) is 12.9. The van der Waals surface area contributed by atoms with Gasteiger partial charge in [0.25, 0.3) is 0 Å². The van der Waals surface area contributed by atoms with Crippen LogP contribution in [-0.4, -0.2) is 11.9 Å². The first-order valence-electron chi connectivity index (χ1n) is 10.3. The molecule has 0 radical (unpaired) electrons. The zero-order chi connectivity index (χ0) is 26.2. The van der Waals surface area contributed by atoms with Gasteiger partial charge in [-0.25, -0.2) is 13.5 Å². The molecule has 0 aliphatic heterocycles. The largest absolute Gasteiger partial charge is 0.239 e. The Morgan fingerprint density at radius 1 is 1.21 bits per heavy atom. The zero-order valence-electron chi connectivity index (χ0n) is 20.0. The van der Waals surface area contributed by atoms with Gasteiger partial charge in [0.15, 0.2) is 0 Å². The Morgan fingerprint density at radius 3 is 2.15 bits per heavy atom. The molecule has 1 aliphatic rings. The van der Waals surface area contributed by atoms with E-state index in [1.807, 2.05) is 32.9 Å². The average molecular weight is 496 g/mol. The second-order valence-corrected chi connectivity index (χ2v) is 10.9. The number of hydrogen-bond acceptors (Lipinski definition) is 1. The quantitative estimate of drug-likeness (QED) is 0.200. The number of allylic oxidation sites excluding steroid dienone is 5. The molecule has 0 amide bonds. The predicted molar refractivity (Wildman–Crippen MR) is 145 cm³/mol. The van der Waals surface area contributed by atoms with Gasteiger partial charge >= 0.3 is 0 Å². The molecule has 6 heteroatoms. The Kier molecular flexibility index (Phi) is 16.3. The van der Waals surface area contributed by atoms with Gasteiger partial charge in [-0.1, -0.05) is 48.9 Å². The van der Waals surface area contributed by atoms with Gasteiger partial charge in [0, 0.05) is 6.04 Å². The number of halogens is 3. The first kappa shape index (κ1) is 32.9.